The van der Waals surface area contributed by atoms with E-state index in [0.717, 1.165) is 5.56 Å². The average molecular weight is 175 g/mol. The molecule has 1 aromatic carbocycles. The molecule has 0 saturated heterocycles. The summed E-state index contributed by atoms with van der Waals surface area (Å²) in [4.78, 5) is 13.7. The smallest absolute Gasteiger partial charge is 0.160 e. The largest absolute Gasteiger partial charge is 0.294 e. The van der Waals surface area contributed by atoms with Crippen LogP contribution in [0.4, 0.5) is 5.69 Å². The summed E-state index contributed by atoms with van der Waals surface area (Å²) in [6.07, 6.45) is 0. The number of carbonyl (C=O) groups excluding carboxylic acids is 1. The maximum absolute atomic E-state index is 11.1. The Bertz CT molecular complexity index is 392. The molecule has 1 rings (SSSR count). The van der Waals surface area contributed by atoms with Gasteiger partial charge >= 0.3 is 0 Å². The van der Waals surface area contributed by atoms with Gasteiger partial charge in [-0.15, -0.1) is 0 Å². The standard InChI is InChI=1S/C9H9N3O/c1-6-3-4-8(7(2)13)9(5-6)11-12-10/h3-5H,1-2H3. The summed E-state index contributed by atoms with van der Waals surface area (Å²) in [5, 5.41) is 3.45. The van der Waals surface area contributed by atoms with E-state index in [1.807, 2.05) is 13.0 Å². The van der Waals surface area contributed by atoms with Crippen molar-refractivity contribution in [3.63, 3.8) is 0 Å². The number of hydrogen-bond acceptors (Lipinski definition) is 2. The molecule has 66 valence electrons. The molecule has 0 atom stereocenters. The van der Waals surface area contributed by atoms with Gasteiger partial charge in [-0.25, -0.2) is 0 Å². The fraction of sp³-hybridized carbons (Fsp3) is 0.222. The lowest BCUT2D eigenvalue weighted by Crippen LogP contribution is -1.92. The summed E-state index contributed by atoms with van der Waals surface area (Å²) in [7, 11) is 0. The van der Waals surface area contributed by atoms with E-state index in [9.17, 15) is 4.79 Å². The highest BCUT2D eigenvalue weighted by Gasteiger charge is 2.04. The lowest BCUT2D eigenvalue weighted by Gasteiger charge is -2.01. The molecule has 0 unspecified atom stereocenters. The van der Waals surface area contributed by atoms with Crippen LogP contribution < -0.4 is 0 Å². The van der Waals surface area contributed by atoms with Crippen LogP contribution in [-0.2, 0) is 0 Å². The fourth-order valence-corrected chi connectivity index (χ4v) is 1.07. The summed E-state index contributed by atoms with van der Waals surface area (Å²) >= 11 is 0. The van der Waals surface area contributed by atoms with Gasteiger partial charge in [-0.05, 0) is 25.4 Å². The molecule has 0 aliphatic rings. The molecule has 13 heavy (non-hydrogen) atoms. The van der Waals surface area contributed by atoms with Crippen molar-refractivity contribution >= 4 is 11.5 Å². The predicted molar refractivity (Wildman–Crippen MR) is 50.0 cm³/mol. The zero-order chi connectivity index (χ0) is 9.84. The number of hydrogen-bond donors (Lipinski definition) is 0. The van der Waals surface area contributed by atoms with E-state index in [1.54, 1.807) is 12.1 Å². The first-order valence-electron chi connectivity index (χ1n) is 3.82. The molecule has 0 heterocycles. The van der Waals surface area contributed by atoms with Gasteiger partial charge in [0.05, 0.1) is 0 Å². The second kappa shape index (κ2) is 3.74. The number of Topliss-reactive ketones (excluding diaryl/α,β-unsaturated/α-hetero) is 1. The summed E-state index contributed by atoms with van der Waals surface area (Å²) < 4.78 is 0. The molecule has 0 saturated carbocycles. The number of rotatable bonds is 2. The van der Waals surface area contributed by atoms with E-state index in [2.05, 4.69) is 10.0 Å². The van der Waals surface area contributed by atoms with E-state index in [1.165, 1.54) is 6.92 Å². The van der Waals surface area contributed by atoms with Crippen LogP contribution in [0.2, 0.25) is 0 Å². The van der Waals surface area contributed by atoms with Gasteiger partial charge in [0.15, 0.2) is 5.78 Å². The Labute approximate surface area is 75.8 Å². The normalized spacial score (nSPS) is 9.08. The summed E-state index contributed by atoms with van der Waals surface area (Å²) in [5.41, 5.74) is 10.1. The van der Waals surface area contributed by atoms with Crippen LogP contribution in [0.3, 0.4) is 0 Å². The van der Waals surface area contributed by atoms with Crippen molar-refractivity contribution in [3.8, 4) is 0 Å². The Hall–Kier alpha value is -1.80. The van der Waals surface area contributed by atoms with Crippen LogP contribution >= 0.6 is 0 Å². The van der Waals surface area contributed by atoms with Gasteiger partial charge in [0, 0.05) is 16.2 Å². The molecule has 0 N–H and O–H groups in total. The highest BCUT2D eigenvalue weighted by atomic mass is 16.1. The highest BCUT2D eigenvalue weighted by molar-refractivity contribution is 5.98. The van der Waals surface area contributed by atoms with Crippen molar-refractivity contribution < 1.29 is 4.79 Å². The molecule has 4 heteroatoms. The molecule has 0 aliphatic heterocycles. The Kier molecular flexibility index (Phi) is 2.67. The summed E-state index contributed by atoms with van der Waals surface area (Å²) in [6, 6.07) is 5.17. The lowest BCUT2D eigenvalue weighted by atomic mass is 10.1. The van der Waals surface area contributed by atoms with Gasteiger partial charge in [0.1, 0.15) is 0 Å². The minimum Gasteiger partial charge on any atom is -0.294 e. The van der Waals surface area contributed by atoms with Crippen molar-refractivity contribution in [2.24, 2.45) is 5.11 Å². The second-order valence-corrected chi connectivity index (χ2v) is 2.77. The van der Waals surface area contributed by atoms with Gasteiger partial charge in [-0.2, -0.15) is 0 Å². The maximum atomic E-state index is 11.1. The van der Waals surface area contributed by atoms with Gasteiger partial charge in [-0.3, -0.25) is 4.79 Å². The predicted octanol–water partition coefficient (Wildman–Crippen LogP) is 3.14. The molecule has 1 aromatic rings. The van der Waals surface area contributed by atoms with E-state index in [-0.39, 0.29) is 5.78 Å². The molecule has 0 aliphatic carbocycles. The number of ketones is 1. The van der Waals surface area contributed by atoms with Crippen LogP contribution in [0, 0.1) is 6.92 Å². The second-order valence-electron chi connectivity index (χ2n) is 2.77. The van der Waals surface area contributed by atoms with Gasteiger partial charge < -0.3 is 0 Å². The van der Waals surface area contributed by atoms with E-state index in [0.29, 0.717) is 11.3 Å². The first kappa shape index (κ1) is 9.29. The molecule has 0 spiro atoms. The highest BCUT2D eigenvalue weighted by Crippen LogP contribution is 2.21. The SMILES string of the molecule is CC(=O)c1ccc(C)cc1N=[N+]=[N-]. The Morgan fingerprint density at radius 2 is 2.23 bits per heavy atom. The fourth-order valence-electron chi connectivity index (χ4n) is 1.07. The molecule has 0 bridgehead atoms. The third kappa shape index (κ3) is 2.07. The molecule has 0 amide bonds. The van der Waals surface area contributed by atoms with E-state index >= 15 is 0 Å². The lowest BCUT2D eigenvalue weighted by molar-refractivity contribution is 0.101. The van der Waals surface area contributed by atoms with Crippen molar-refractivity contribution in [1.29, 1.82) is 0 Å². The maximum Gasteiger partial charge on any atom is 0.160 e. The van der Waals surface area contributed by atoms with Crippen molar-refractivity contribution in [1.82, 2.24) is 0 Å². The zero-order valence-electron chi connectivity index (χ0n) is 7.48. The molecular formula is C9H9N3O. The minimum absolute atomic E-state index is 0.0950. The van der Waals surface area contributed by atoms with Gasteiger partial charge in [0.25, 0.3) is 0 Å². The van der Waals surface area contributed by atoms with Gasteiger partial charge in [0.2, 0.25) is 0 Å². The third-order valence-electron chi connectivity index (χ3n) is 1.68. The first-order chi connectivity index (χ1) is 6.15. The molecule has 0 aromatic heterocycles. The quantitative estimate of drug-likeness (QED) is 0.294. The Balaban J connectivity index is 3.34. The van der Waals surface area contributed by atoms with E-state index in [4.69, 9.17) is 5.53 Å². The molecule has 4 nitrogen and oxygen atoms in total. The van der Waals surface area contributed by atoms with E-state index < -0.39 is 0 Å². The minimum atomic E-state index is -0.0950. The summed E-state index contributed by atoms with van der Waals surface area (Å²) in [6.45, 7) is 3.32. The van der Waals surface area contributed by atoms with Crippen molar-refractivity contribution in [3.05, 3.63) is 39.8 Å². The average Bonchev–Trinajstić information content (AvgIpc) is 2.04. The first-order valence-corrected chi connectivity index (χ1v) is 3.82. The third-order valence-corrected chi connectivity index (χ3v) is 1.68. The Morgan fingerprint density at radius 3 is 2.77 bits per heavy atom. The van der Waals surface area contributed by atoms with Crippen LogP contribution in [0.15, 0.2) is 23.3 Å². The van der Waals surface area contributed by atoms with Crippen LogP contribution in [-0.4, -0.2) is 5.78 Å². The number of benzene rings is 1. The molecule has 0 radical (unpaired) electrons. The van der Waals surface area contributed by atoms with Crippen molar-refractivity contribution in [2.75, 3.05) is 0 Å². The van der Waals surface area contributed by atoms with Crippen LogP contribution in [0.5, 0.6) is 0 Å². The molecular weight excluding hydrogens is 166 g/mol. The zero-order valence-corrected chi connectivity index (χ0v) is 7.48. The van der Waals surface area contributed by atoms with Crippen LogP contribution in [0.25, 0.3) is 10.4 Å². The number of nitrogens with zero attached hydrogens (tertiary/aromatic N) is 3. The number of carbonyl (C=O) groups is 1. The van der Waals surface area contributed by atoms with Crippen LogP contribution in [0.1, 0.15) is 22.8 Å². The number of aryl methyl sites for hydroxylation is 1. The monoisotopic (exact) mass is 175 g/mol. The topological polar surface area (TPSA) is 65.8 Å². The summed E-state index contributed by atoms with van der Waals surface area (Å²) in [5.74, 6) is -0.0950. The Morgan fingerprint density at radius 1 is 1.54 bits per heavy atom. The van der Waals surface area contributed by atoms with Crippen molar-refractivity contribution in [2.45, 2.75) is 13.8 Å². The number of azide groups is 1. The molecule has 0 fully saturated rings. The van der Waals surface area contributed by atoms with Gasteiger partial charge in [-0.1, -0.05) is 22.8 Å².